The highest BCUT2D eigenvalue weighted by Gasteiger charge is 2.12. The number of anilines is 1. The highest BCUT2D eigenvalue weighted by atomic mass is 35.5. The van der Waals surface area contributed by atoms with Gasteiger partial charge in [-0.15, -0.1) is 0 Å². The number of hydrogen-bond acceptors (Lipinski definition) is 3. The standard InChI is InChI=1S/C25H30ClN5O/c1-6-9-31-15-21(19(5)30-31)14-27-25(28-23-8-7-22(26)13-18(23)4)29-24(32)20-11-16(2)10-17(3)12-20/h7-8,10-13,15H,6,9,14H2,1-5H3,(H2,27,28,29,32). The maximum absolute atomic E-state index is 13.0. The summed E-state index contributed by atoms with van der Waals surface area (Å²) in [5.41, 5.74) is 6.40. The molecule has 7 heteroatoms. The summed E-state index contributed by atoms with van der Waals surface area (Å²) in [6.07, 6.45) is 3.03. The molecule has 3 aromatic rings. The van der Waals surface area contributed by atoms with E-state index in [1.54, 1.807) is 6.07 Å². The van der Waals surface area contributed by atoms with Crippen LogP contribution in [0.25, 0.3) is 0 Å². The fraction of sp³-hybridized carbons (Fsp3) is 0.320. The predicted octanol–water partition coefficient (Wildman–Crippen LogP) is 5.58. The summed E-state index contributed by atoms with van der Waals surface area (Å²) in [6.45, 7) is 11.3. The minimum absolute atomic E-state index is 0.215. The maximum Gasteiger partial charge on any atom is 0.257 e. The Morgan fingerprint density at radius 2 is 1.81 bits per heavy atom. The van der Waals surface area contributed by atoms with Crippen molar-refractivity contribution in [3.8, 4) is 0 Å². The van der Waals surface area contributed by atoms with Crippen LogP contribution in [0, 0.1) is 27.7 Å². The zero-order valence-electron chi connectivity index (χ0n) is 19.3. The lowest BCUT2D eigenvalue weighted by atomic mass is 10.1. The fourth-order valence-corrected chi connectivity index (χ4v) is 3.74. The van der Waals surface area contributed by atoms with E-state index in [0.29, 0.717) is 23.1 Å². The van der Waals surface area contributed by atoms with Crippen molar-refractivity contribution in [2.75, 3.05) is 5.32 Å². The Kier molecular flexibility index (Phi) is 7.70. The Labute approximate surface area is 194 Å². The number of guanidine groups is 1. The monoisotopic (exact) mass is 451 g/mol. The van der Waals surface area contributed by atoms with E-state index >= 15 is 0 Å². The van der Waals surface area contributed by atoms with E-state index in [0.717, 1.165) is 46.6 Å². The number of aryl methyl sites for hydroxylation is 5. The Morgan fingerprint density at radius 3 is 2.47 bits per heavy atom. The van der Waals surface area contributed by atoms with Crippen LogP contribution in [-0.4, -0.2) is 21.6 Å². The number of carbonyl (C=O) groups is 1. The van der Waals surface area contributed by atoms with Gasteiger partial charge in [0.1, 0.15) is 0 Å². The van der Waals surface area contributed by atoms with E-state index in [2.05, 4.69) is 27.6 Å². The SMILES string of the molecule is CCCn1cc(CN=C(NC(=O)c2cc(C)cc(C)c2)Nc2ccc(Cl)cc2C)c(C)n1. The summed E-state index contributed by atoms with van der Waals surface area (Å²) >= 11 is 6.10. The van der Waals surface area contributed by atoms with E-state index in [1.165, 1.54) is 0 Å². The second-order valence-electron chi connectivity index (χ2n) is 8.08. The molecule has 0 unspecified atom stereocenters. The summed E-state index contributed by atoms with van der Waals surface area (Å²) < 4.78 is 1.94. The van der Waals surface area contributed by atoms with Crippen molar-refractivity contribution in [2.24, 2.45) is 4.99 Å². The highest BCUT2D eigenvalue weighted by molar-refractivity contribution is 6.30. The van der Waals surface area contributed by atoms with E-state index in [9.17, 15) is 4.79 Å². The van der Waals surface area contributed by atoms with Crippen LogP contribution in [-0.2, 0) is 13.1 Å². The number of hydrogen-bond donors (Lipinski definition) is 2. The van der Waals surface area contributed by atoms with Crippen LogP contribution >= 0.6 is 11.6 Å². The predicted molar refractivity (Wildman–Crippen MR) is 132 cm³/mol. The van der Waals surface area contributed by atoms with Gasteiger partial charge in [-0.25, -0.2) is 4.99 Å². The molecule has 32 heavy (non-hydrogen) atoms. The quantitative estimate of drug-likeness (QED) is 0.379. The topological polar surface area (TPSA) is 71.3 Å². The number of amides is 1. The smallest absolute Gasteiger partial charge is 0.257 e. The first-order valence-electron chi connectivity index (χ1n) is 10.8. The molecular formula is C25H30ClN5O. The van der Waals surface area contributed by atoms with Gasteiger partial charge in [0.15, 0.2) is 0 Å². The number of nitrogens with zero attached hydrogens (tertiary/aromatic N) is 3. The van der Waals surface area contributed by atoms with Crippen LogP contribution in [0.3, 0.4) is 0 Å². The lowest BCUT2D eigenvalue weighted by Gasteiger charge is -2.14. The van der Waals surface area contributed by atoms with Crippen molar-refractivity contribution in [1.29, 1.82) is 0 Å². The minimum atomic E-state index is -0.215. The number of aliphatic imine (C=N–C) groups is 1. The van der Waals surface area contributed by atoms with Gasteiger partial charge in [-0.05, 0) is 70.0 Å². The molecule has 0 atom stereocenters. The fourth-order valence-electron chi connectivity index (χ4n) is 3.51. The van der Waals surface area contributed by atoms with Crippen molar-refractivity contribution in [2.45, 2.75) is 54.1 Å². The molecule has 168 valence electrons. The third-order valence-electron chi connectivity index (χ3n) is 5.07. The zero-order chi connectivity index (χ0) is 23.3. The number of nitrogens with one attached hydrogen (secondary N) is 2. The highest BCUT2D eigenvalue weighted by Crippen LogP contribution is 2.20. The molecule has 0 aliphatic heterocycles. The van der Waals surface area contributed by atoms with Gasteiger partial charge in [-0.3, -0.25) is 14.8 Å². The molecule has 1 heterocycles. The normalized spacial score (nSPS) is 11.5. The van der Waals surface area contributed by atoms with Crippen LogP contribution in [0.2, 0.25) is 5.02 Å². The van der Waals surface area contributed by atoms with Gasteiger partial charge in [0.2, 0.25) is 5.96 Å². The molecule has 1 aromatic heterocycles. The third kappa shape index (κ3) is 6.20. The summed E-state index contributed by atoms with van der Waals surface area (Å²) in [5, 5.41) is 11.4. The molecular weight excluding hydrogens is 422 g/mol. The average molecular weight is 452 g/mol. The summed E-state index contributed by atoms with van der Waals surface area (Å²) in [6, 6.07) is 11.3. The second kappa shape index (κ2) is 10.5. The Hall–Kier alpha value is -3.12. The molecule has 0 spiro atoms. The van der Waals surface area contributed by atoms with E-state index in [4.69, 9.17) is 11.6 Å². The molecule has 2 aromatic carbocycles. The van der Waals surface area contributed by atoms with Gasteiger partial charge in [-0.1, -0.05) is 35.7 Å². The van der Waals surface area contributed by atoms with Crippen LogP contribution < -0.4 is 10.6 Å². The summed E-state index contributed by atoms with van der Waals surface area (Å²) in [7, 11) is 0. The number of benzene rings is 2. The first-order valence-corrected chi connectivity index (χ1v) is 11.1. The van der Waals surface area contributed by atoms with E-state index in [-0.39, 0.29) is 5.91 Å². The lowest BCUT2D eigenvalue weighted by Crippen LogP contribution is -2.36. The molecule has 0 fully saturated rings. The van der Waals surface area contributed by atoms with Crippen molar-refractivity contribution >= 4 is 29.2 Å². The maximum atomic E-state index is 13.0. The number of carbonyl (C=O) groups excluding carboxylic acids is 1. The van der Waals surface area contributed by atoms with Crippen LogP contribution in [0.4, 0.5) is 5.69 Å². The molecule has 0 aliphatic rings. The molecule has 0 saturated carbocycles. The van der Waals surface area contributed by atoms with E-state index in [1.807, 2.05) is 68.9 Å². The van der Waals surface area contributed by atoms with Gasteiger partial charge in [0.25, 0.3) is 5.91 Å². The Bertz CT molecular complexity index is 1130. The molecule has 0 bridgehead atoms. The first-order chi connectivity index (χ1) is 15.2. The Morgan fingerprint density at radius 1 is 1.09 bits per heavy atom. The van der Waals surface area contributed by atoms with Crippen molar-refractivity contribution in [3.05, 3.63) is 81.1 Å². The van der Waals surface area contributed by atoms with Gasteiger partial charge in [0.05, 0.1) is 12.2 Å². The zero-order valence-corrected chi connectivity index (χ0v) is 20.0. The van der Waals surface area contributed by atoms with Gasteiger partial charge < -0.3 is 5.32 Å². The van der Waals surface area contributed by atoms with Gasteiger partial charge in [0, 0.05) is 34.6 Å². The average Bonchev–Trinajstić information content (AvgIpc) is 3.06. The first kappa shape index (κ1) is 23.5. The minimum Gasteiger partial charge on any atom is -0.326 e. The number of aromatic nitrogens is 2. The molecule has 3 rings (SSSR count). The molecule has 1 amide bonds. The number of halogens is 1. The Balaban J connectivity index is 1.87. The molecule has 0 radical (unpaired) electrons. The third-order valence-corrected chi connectivity index (χ3v) is 5.30. The number of rotatable bonds is 6. The molecule has 0 saturated heterocycles. The summed E-state index contributed by atoms with van der Waals surface area (Å²) in [4.78, 5) is 17.7. The lowest BCUT2D eigenvalue weighted by molar-refractivity contribution is 0.0976. The van der Waals surface area contributed by atoms with Crippen LogP contribution in [0.15, 0.2) is 47.6 Å². The van der Waals surface area contributed by atoms with Gasteiger partial charge >= 0.3 is 0 Å². The van der Waals surface area contributed by atoms with Crippen LogP contribution in [0.1, 0.15) is 51.7 Å². The largest absolute Gasteiger partial charge is 0.326 e. The second-order valence-corrected chi connectivity index (χ2v) is 8.52. The van der Waals surface area contributed by atoms with Crippen LogP contribution in [0.5, 0.6) is 0 Å². The molecule has 6 nitrogen and oxygen atoms in total. The molecule has 2 N–H and O–H groups in total. The summed E-state index contributed by atoms with van der Waals surface area (Å²) in [5.74, 6) is 0.162. The molecule has 0 aliphatic carbocycles. The van der Waals surface area contributed by atoms with Gasteiger partial charge in [-0.2, -0.15) is 5.10 Å². The van der Waals surface area contributed by atoms with Crippen molar-refractivity contribution < 1.29 is 4.79 Å². The van der Waals surface area contributed by atoms with Crippen molar-refractivity contribution in [3.63, 3.8) is 0 Å². The van der Waals surface area contributed by atoms with Crippen molar-refractivity contribution in [1.82, 2.24) is 15.1 Å². The van der Waals surface area contributed by atoms with E-state index < -0.39 is 0 Å².